The first-order chi connectivity index (χ1) is 16.5. The van der Waals surface area contributed by atoms with Gasteiger partial charge in [0.25, 0.3) is 0 Å². The average Bonchev–Trinajstić information content (AvgIpc) is 2.86. The van der Waals surface area contributed by atoms with Gasteiger partial charge in [-0.3, -0.25) is 4.79 Å². The summed E-state index contributed by atoms with van der Waals surface area (Å²) >= 11 is 0. The van der Waals surface area contributed by atoms with Crippen LogP contribution in [0.4, 0.5) is 5.69 Å². The largest absolute Gasteiger partial charge is 0.507 e. The van der Waals surface area contributed by atoms with Crippen molar-refractivity contribution < 1.29 is 28.8 Å². The van der Waals surface area contributed by atoms with Crippen LogP contribution in [0, 0.1) is 0 Å². The summed E-state index contributed by atoms with van der Waals surface area (Å²) in [6.45, 7) is 0. The fourth-order valence-electron chi connectivity index (χ4n) is 3.27. The van der Waals surface area contributed by atoms with E-state index in [0.717, 1.165) is 11.1 Å². The van der Waals surface area contributed by atoms with Crippen LogP contribution >= 0.6 is 0 Å². The second-order valence-electron chi connectivity index (χ2n) is 7.13. The van der Waals surface area contributed by atoms with Crippen LogP contribution in [0.25, 0.3) is 18.2 Å². The lowest BCUT2D eigenvalue weighted by atomic mass is 10.1. The van der Waals surface area contributed by atoms with E-state index in [1.54, 1.807) is 64.8 Å². The molecule has 0 saturated carbocycles. The molecule has 1 amide bonds. The minimum Gasteiger partial charge on any atom is -0.507 e. The third-order valence-electron chi connectivity index (χ3n) is 5.01. The van der Waals surface area contributed by atoms with Crippen molar-refractivity contribution >= 4 is 29.8 Å². The second kappa shape index (κ2) is 11.5. The van der Waals surface area contributed by atoms with Gasteiger partial charge in [0.1, 0.15) is 11.5 Å². The molecule has 0 radical (unpaired) electrons. The molecule has 0 fully saturated rings. The number of rotatable bonds is 9. The number of methoxy groups -OCH3 is 4. The zero-order valence-electron chi connectivity index (χ0n) is 19.5. The quantitative estimate of drug-likeness (QED) is 0.334. The van der Waals surface area contributed by atoms with Crippen molar-refractivity contribution in [2.75, 3.05) is 33.8 Å². The topological polar surface area (TPSA) is 86.3 Å². The Kier molecular flexibility index (Phi) is 8.18. The highest BCUT2D eigenvalue weighted by atomic mass is 16.5. The number of hydrogen-bond donors (Lipinski definition) is 2. The van der Waals surface area contributed by atoms with Crippen LogP contribution in [0.2, 0.25) is 0 Å². The molecule has 0 aliphatic carbocycles. The predicted octanol–water partition coefficient (Wildman–Crippen LogP) is 5.25. The van der Waals surface area contributed by atoms with E-state index in [9.17, 15) is 9.90 Å². The Morgan fingerprint density at radius 1 is 0.794 bits per heavy atom. The number of ether oxygens (including phenoxy) is 4. The highest BCUT2D eigenvalue weighted by Gasteiger charge is 2.12. The van der Waals surface area contributed by atoms with Crippen molar-refractivity contribution in [3.05, 3.63) is 77.4 Å². The number of carbonyl (C=O) groups is 1. The summed E-state index contributed by atoms with van der Waals surface area (Å²) in [5.74, 6) is 1.94. The number of phenols is 1. The highest BCUT2D eigenvalue weighted by Crippen LogP contribution is 2.38. The molecule has 0 aliphatic heterocycles. The van der Waals surface area contributed by atoms with Gasteiger partial charge < -0.3 is 29.4 Å². The number of phenolic OH excluding ortho intramolecular Hbond substituents is 1. The van der Waals surface area contributed by atoms with Gasteiger partial charge in [0.2, 0.25) is 11.7 Å². The van der Waals surface area contributed by atoms with E-state index in [0.29, 0.717) is 34.2 Å². The van der Waals surface area contributed by atoms with Gasteiger partial charge in [-0.05, 0) is 47.5 Å². The first-order valence-electron chi connectivity index (χ1n) is 10.4. The zero-order valence-corrected chi connectivity index (χ0v) is 19.5. The first-order valence-corrected chi connectivity index (χ1v) is 10.4. The Morgan fingerprint density at radius 3 is 2.12 bits per heavy atom. The van der Waals surface area contributed by atoms with Gasteiger partial charge in [0.05, 0.1) is 34.1 Å². The normalized spacial score (nSPS) is 10.9. The van der Waals surface area contributed by atoms with E-state index in [-0.39, 0.29) is 11.7 Å². The summed E-state index contributed by atoms with van der Waals surface area (Å²) in [5, 5.41) is 12.7. The van der Waals surface area contributed by atoms with Gasteiger partial charge in [0, 0.05) is 17.7 Å². The van der Waals surface area contributed by atoms with Crippen LogP contribution in [0.3, 0.4) is 0 Å². The SMILES string of the molecule is COc1ccc(/C=C/c2cc(OC)c(OC)c(OC)c2)c(NC(=O)/C=C/c2ccccc2O)c1. The van der Waals surface area contributed by atoms with Crippen LogP contribution in [0.15, 0.2) is 60.7 Å². The van der Waals surface area contributed by atoms with Gasteiger partial charge in [-0.1, -0.05) is 30.4 Å². The van der Waals surface area contributed by atoms with E-state index in [2.05, 4.69) is 5.32 Å². The maximum Gasteiger partial charge on any atom is 0.248 e. The molecule has 0 spiro atoms. The zero-order chi connectivity index (χ0) is 24.5. The molecule has 7 nitrogen and oxygen atoms in total. The van der Waals surface area contributed by atoms with Crippen LogP contribution < -0.4 is 24.3 Å². The van der Waals surface area contributed by atoms with E-state index < -0.39 is 0 Å². The molecule has 0 unspecified atom stereocenters. The Bertz CT molecular complexity index is 1190. The molecule has 3 aromatic rings. The smallest absolute Gasteiger partial charge is 0.248 e. The summed E-state index contributed by atoms with van der Waals surface area (Å²) < 4.78 is 21.5. The van der Waals surface area contributed by atoms with E-state index in [1.807, 2.05) is 36.4 Å². The number of aromatic hydroxyl groups is 1. The average molecular weight is 462 g/mol. The van der Waals surface area contributed by atoms with Crippen molar-refractivity contribution in [1.29, 1.82) is 0 Å². The molecule has 0 saturated heterocycles. The molecule has 176 valence electrons. The molecule has 0 bridgehead atoms. The molecule has 3 rings (SSSR count). The maximum absolute atomic E-state index is 12.6. The van der Waals surface area contributed by atoms with Crippen LogP contribution in [0.1, 0.15) is 16.7 Å². The summed E-state index contributed by atoms with van der Waals surface area (Å²) in [7, 11) is 6.23. The Balaban J connectivity index is 1.88. The number of anilines is 1. The van der Waals surface area contributed by atoms with Gasteiger partial charge >= 0.3 is 0 Å². The fraction of sp³-hybridized carbons (Fsp3) is 0.148. The van der Waals surface area contributed by atoms with E-state index in [1.165, 1.54) is 6.08 Å². The third-order valence-corrected chi connectivity index (χ3v) is 5.01. The summed E-state index contributed by atoms with van der Waals surface area (Å²) in [4.78, 5) is 12.6. The second-order valence-corrected chi connectivity index (χ2v) is 7.13. The predicted molar refractivity (Wildman–Crippen MR) is 134 cm³/mol. The molecule has 34 heavy (non-hydrogen) atoms. The maximum atomic E-state index is 12.6. The highest BCUT2D eigenvalue weighted by molar-refractivity contribution is 6.03. The van der Waals surface area contributed by atoms with Crippen LogP contribution in [-0.4, -0.2) is 39.5 Å². The van der Waals surface area contributed by atoms with Crippen LogP contribution in [0.5, 0.6) is 28.7 Å². The van der Waals surface area contributed by atoms with Crippen molar-refractivity contribution in [2.45, 2.75) is 0 Å². The first kappa shape index (κ1) is 24.3. The lowest BCUT2D eigenvalue weighted by Gasteiger charge is -2.13. The molecule has 0 aliphatic rings. The van der Waals surface area contributed by atoms with Crippen LogP contribution in [-0.2, 0) is 4.79 Å². The Hall–Kier alpha value is -4.39. The van der Waals surface area contributed by atoms with Gasteiger partial charge in [-0.15, -0.1) is 0 Å². The number of nitrogens with one attached hydrogen (secondary N) is 1. The number of para-hydroxylation sites is 1. The van der Waals surface area contributed by atoms with E-state index >= 15 is 0 Å². The number of carbonyl (C=O) groups excluding carboxylic acids is 1. The molecule has 0 atom stereocenters. The van der Waals surface area contributed by atoms with Crippen molar-refractivity contribution in [2.24, 2.45) is 0 Å². The standard InChI is InChI=1S/C27H27NO6/c1-31-21-13-11-19(10-9-18-15-24(32-2)27(34-4)25(16-18)33-3)22(17-21)28-26(30)14-12-20-7-5-6-8-23(20)29/h5-17,29H,1-4H3,(H,28,30)/b10-9+,14-12+. The molecule has 3 aromatic carbocycles. The minimum atomic E-state index is -0.348. The molecule has 7 heteroatoms. The number of amides is 1. The Labute approximate surface area is 198 Å². The molecule has 0 heterocycles. The van der Waals surface area contributed by atoms with E-state index in [4.69, 9.17) is 18.9 Å². The number of hydrogen-bond acceptors (Lipinski definition) is 6. The summed E-state index contributed by atoms with van der Waals surface area (Å²) in [5.41, 5.74) is 2.70. The van der Waals surface area contributed by atoms with Crippen molar-refractivity contribution in [3.63, 3.8) is 0 Å². The van der Waals surface area contributed by atoms with Gasteiger partial charge in [-0.25, -0.2) is 0 Å². The fourth-order valence-corrected chi connectivity index (χ4v) is 3.27. The molecular weight excluding hydrogens is 434 g/mol. The molecule has 2 N–H and O–H groups in total. The van der Waals surface area contributed by atoms with Gasteiger partial charge in [0.15, 0.2) is 11.5 Å². The molecule has 0 aromatic heterocycles. The lowest BCUT2D eigenvalue weighted by Crippen LogP contribution is -2.09. The lowest BCUT2D eigenvalue weighted by molar-refractivity contribution is -0.111. The van der Waals surface area contributed by atoms with Crippen molar-refractivity contribution in [1.82, 2.24) is 0 Å². The molecular formula is C27H27NO6. The third kappa shape index (κ3) is 5.89. The van der Waals surface area contributed by atoms with Crippen molar-refractivity contribution in [3.8, 4) is 28.7 Å². The summed E-state index contributed by atoms with van der Waals surface area (Å²) in [6, 6.07) is 15.8. The summed E-state index contributed by atoms with van der Waals surface area (Å²) in [6.07, 6.45) is 6.65. The monoisotopic (exact) mass is 461 g/mol. The minimum absolute atomic E-state index is 0.0990. The Morgan fingerprint density at radius 2 is 1.50 bits per heavy atom. The number of benzene rings is 3. The van der Waals surface area contributed by atoms with Gasteiger partial charge in [-0.2, -0.15) is 0 Å².